The van der Waals surface area contributed by atoms with Crippen LogP contribution in [0.1, 0.15) is 0 Å². The minimum Gasteiger partial charge on any atom is -0.394 e. The SMILES string of the molecule is O=CC1=CN=C2C=CN([C@@H]3O[C@H](CO)[C@@H](O)[C@H]3O)C(=O)N2C1. The van der Waals surface area contributed by atoms with Gasteiger partial charge in [-0.25, -0.2) is 9.79 Å². The molecule has 0 aliphatic carbocycles. The standard InChI is InChI=1S/C13H15N3O6/c17-5-7-3-14-9-1-2-15(13(21)16(9)4-7)12-11(20)10(19)8(6-18)22-12/h1-3,5,8,10-12,18-20H,4,6H2/t8-,10-,11-,12-/m1/s1. The van der Waals surface area contributed by atoms with Crippen LogP contribution in [0.25, 0.3) is 0 Å². The summed E-state index contributed by atoms with van der Waals surface area (Å²) in [7, 11) is 0. The van der Waals surface area contributed by atoms with Crippen molar-refractivity contribution in [3.63, 3.8) is 0 Å². The van der Waals surface area contributed by atoms with Gasteiger partial charge in [0.1, 0.15) is 30.4 Å². The third kappa shape index (κ3) is 2.24. The highest BCUT2D eigenvalue weighted by atomic mass is 16.6. The Morgan fingerprint density at radius 3 is 2.82 bits per heavy atom. The van der Waals surface area contributed by atoms with E-state index in [1.807, 2.05) is 0 Å². The number of hydrogen-bond donors (Lipinski definition) is 3. The molecule has 0 aromatic heterocycles. The van der Waals surface area contributed by atoms with E-state index < -0.39 is 37.2 Å². The van der Waals surface area contributed by atoms with Crippen molar-refractivity contribution in [2.45, 2.75) is 24.5 Å². The van der Waals surface area contributed by atoms with E-state index in [0.29, 0.717) is 17.7 Å². The van der Waals surface area contributed by atoms with Crippen LogP contribution in [0.15, 0.2) is 29.0 Å². The Kier molecular flexibility index (Phi) is 3.79. The number of carbonyl (C=O) groups excluding carboxylic acids is 2. The molecule has 0 spiro atoms. The Labute approximate surface area is 125 Å². The van der Waals surface area contributed by atoms with Crippen molar-refractivity contribution < 1.29 is 29.6 Å². The van der Waals surface area contributed by atoms with Crippen LogP contribution in [0.3, 0.4) is 0 Å². The van der Waals surface area contributed by atoms with Gasteiger partial charge in [0.25, 0.3) is 0 Å². The Morgan fingerprint density at radius 1 is 1.41 bits per heavy atom. The lowest BCUT2D eigenvalue weighted by Crippen LogP contribution is -2.54. The maximum Gasteiger partial charge on any atom is 0.332 e. The molecule has 1 saturated heterocycles. The van der Waals surface area contributed by atoms with Crippen molar-refractivity contribution >= 4 is 18.2 Å². The third-order valence-electron chi connectivity index (χ3n) is 3.76. The van der Waals surface area contributed by atoms with Gasteiger partial charge in [-0.3, -0.25) is 14.6 Å². The first-order valence-electron chi connectivity index (χ1n) is 6.69. The lowest BCUT2D eigenvalue weighted by atomic mass is 10.1. The van der Waals surface area contributed by atoms with E-state index in [1.54, 1.807) is 0 Å². The Balaban J connectivity index is 1.84. The average molecular weight is 309 g/mol. The molecule has 3 aliphatic heterocycles. The zero-order chi connectivity index (χ0) is 15.9. The quantitative estimate of drug-likeness (QED) is 0.527. The highest BCUT2D eigenvalue weighted by Crippen LogP contribution is 2.27. The van der Waals surface area contributed by atoms with Crippen LogP contribution in [-0.4, -0.2) is 81.0 Å². The highest BCUT2D eigenvalue weighted by molar-refractivity contribution is 6.08. The number of carbonyl (C=O) groups is 2. The van der Waals surface area contributed by atoms with E-state index in [9.17, 15) is 19.8 Å². The number of hydrogen-bond acceptors (Lipinski definition) is 7. The minimum atomic E-state index is -1.35. The van der Waals surface area contributed by atoms with Crippen LogP contribution in [0.2, 0.25) is 0 Å². The lowest BCUT2D eigenvalue weighted by Gasteiger charge is -2.36. The second-order valence-corrected chi connectivity index (χ2v) is 5.13. The van der Waals surface area contributed by atoms with Crippen LogP contribution in [-0.2, 0) is 9.53 Å². The monoisotopic (exact) mass is 309 g/mol. The van der Waals surface area contributed by atoms with Crippen molar-refractivity contribution in [2.24, 2.45) is 4.99 Å². The maximum atomic E-state index is 12.5. The van der Waals surface area contributed by atoms with E-state index in [1.165, 1.54) is 23.4 Å². The summed E-state index contributed by atoms with van der Waals surface area (Å²) < 4.78 is 5.33. The Morgan fingerprint density at radius 2 is 2.18 bits per heavy atom. The molecule has 4 atom stereocenters. The molecule has 0 saturated carbocycles. The molecule has 3 N–H and O–H groups in total. The summed E-state index contributed by atoms with van der Waals surface area (Å²) in [6, 6.07) is -0.538. The fourth-order valence-electron chi connectivity index (χ4n) is 2.54. The molecule has 3 aliphatic rings. The van der Waals surface area contributed by atoms with Gasteiger partial charge in [0.2, 0.25) is 0 Å². The second kappa shape index (κ2) is 5.61. The number of ether oxygens (including phenoxy) is 1. The van der Waals surface area contributed by atoms with Gasteiger partial charge in [-0.15, -0.1) is 0 Å². The third-order valence-corrected chi connectivity index (χ3v) is 3.76. The number of amides is 2. The molecule has 0 aromatic carbocycles. The van der Waals surface area contributed by atoms with Gasteiger partial charge in [0.05, 0.1) is 13.2 Å². The van der Waals surface area contributed by atoms with Crippen LogP contribution in [0.5, 0.6) is 0 Å². The summed E-state index contributed by atoms with van der Waals surface area (Å²) in [5.74, 6) is 0.374. The summed E-state index contributed by atoms with van der Waals surface area (Å²) >= 11 is 0. The first kappa shape index (κ1) is 14.9. The molecule has 3 heterocycles. The summed E-state index contributed by atoms with van der Waals surface area (Å²) in [6.07, 6.45) is 0.187. The first-order valence-corrected chi connectivity index (χ1v) is 6.69. The zero-order valence-corrected chi connectivity index (χ0v) is 11.4. The van der Waals surface area contributed by atoms with Crippen LogP contribution < -0.4 is 0 Å². The van der Waals surface area contributed by atoms with E-state index in [2.05, 4.69) is 4.99 Å². The van der Waals surface area contributed by atoms with Gasteiger partial charge in [-0.1, -0.05) is 0 Å². The van der Waals surface area contributed by atoms with Crippen molar-refractivity contribution in [3.8, 4) is 0 Å². The van der Waals surface area contributed by atoms with E-state index in [-0.39, 0.29) is 6.54 Å². The van der Waals surface area contributed by atoms with E-state index in [4.69, 9.17) is 9.84 Å². The molecule has 0 radical (unpaired) electrons. The molecule has 9 nitrogen and oxygen atoms in total. The summed E-state index contributed by atoms with van der Waals surface area (Å²) in [4.78, 5) is 29.7. The fourth-order valence-corrected chi connectivity index (χ4v) is 2.54. The zero-order valence-electron chi connectivity index (χ0n) is 11.4. The highest BCUT2D eigenvalue weighted by Gasteiger charge is 2.48. The molecular weight excluding hydrogens is 294 g/mol. The number of rotatable bonds is 3. The predicted octanol–water partition coefficient (Wildman–Crippen LogP) is -1.83. The number of fused-ring (bicyclic) bond motifs is 1. The molecule has 22 heavy (non-hydrogen) atoms. The number of aldehydes is 1. The molecule has 118 valence electrons. The maximum absolute atomic E-state index is 12.5. The summed E-state index contributed by atoms with van der Waals surface area (Å²) in [6.45, 7) is -0.411. The number of aliphatic hydroxyl groups is 3. The largest absolute Gasteiger partial charge is 0.394 e. The van der Waals surface area contributed by atoms with Crippen molar-refractivity contribution in [3.05, 3.63) is 24.0 Å². The van der Waals surface area contributed by atoms with Crippen LogP contribution in [0, 0.1) is 0 Å². The Hall–Kier alpha value is -2.07. The number of aliphatic hydroxyl groups excluding tert-OH is 3. The smallest absolute Gasteiger partial charge is 0.332 e. The average Bonchev–Trinajstić information content (AvgIpc) is 2.83. The van der Waals surface area contributed by atoms with Crippen molar-refractivity contribution in [1.29, 1.82) is 0 Å². The Bertz CT molecular complexity index is 586. The van der Waals surface area contributed by atoms with Gasteiger partial charge in [0.15, 0.2) is 6.23 Å². The molecule has 3 rings (SSSR count). The van der Waals surface area contributed by atoms with Crippen LogP contribution in [0.4, 0.5) is 4.79 Å². The molecular formula is C13H15N3O6. The number of aliphatic imine (C=N–C) groups is 1. The lowest BCUT2D eigenvalue weighted by molar-refractivity contribution is -0.105. The number of urea groups is 1. The molecule has 2 amide bonds. The predicted molar refractivity (Wildman–Crippen MR) is 72.4 cm³/mol. The normalized spacial score (nSPS) is 34.4. The van der Waals surface area contributed by atoms with Gasteiger partial charge < -0.3 is 20.1 Å². The van der Waals surface area contributed by atoms with Crippen molar-refractivity contribution in [2.75, 3.05) is 13.2 Å². The molecule has 0 bridgehead atoms. The summed E-state index contributed by atoms with van der Waals surface area (Å²) in [5, 5.41) is 28.9. The molecule has 0 unspecified atom stereocenters. The topological polar surface area (TPSA) is 123 Å². The van der Waals surface area contributed by atoms with Gasteiger partial charge in [-0.05, 0) is 6.08 Å². The summed E-state index contributed by atoms with van der Waals surface area (Å²) in [5.41, 5.74) is 0.341. The minimum absolute atomic E-state index is 0.0663. The molecule has 0 aromatic rings. The first-order chi connectivity index (χ1) is 10.6. The van der Waals surface area contributed by atoms with E-state index in [0.717, 1.165) is 4.90 Å². The van der Waals surface area contributed by atoms with E-state index >= 15 is 0 Å². The number of nitrogens with zero attached hydrogens (tertiary/aromatic N) is 3. The van der Waals surface area contributed by atoms with Gasteiger partial charge >= 0.3 is 6.03 Å². The molecule has 9 heteroatoms. The van der Waals surface area contributed by atoms with Gasteiger partial charge in [0, 0.05) is 18.0 Å². The van der Waals surface area contributed by atoms with Gasteiger partial charge in [-0.2, -0.15) is 0 Å². The number of amidine groups is 1. The second-order valence-electron chi connectivity index (χ2n) is 5.13. The van der Waals surface area contributed by atoms with Crippen molar-refractivity contribution in [1.82, 2.24) is 9.80 Å². The molecule has 1 fully saturated rings. The van der Waals surface area contributed by atoms with Crippen LogP contribution >= 0.6 is 0 Å². The fraction of sp³-hybridized carbons (Fsp3) is 0.462.